The van der Waals surface area contributed by atoms with Crippen LogP contribution in [0.4, 0.5) is 5.69 Å². The minimum atomic E-state index is 0.176. The number of benzene rings is 1. The molecule has 0 aliphatic rings. The van der Waals surface area contributed by atoms with Gasteiger partial charge in [0.1, 0.15) is 5.75 Å². The summed E-state index contributed by atoms with van der Waals surface area (Å²) >= 11 is 0. The van der Waals surface area contributed by atoms with Gasteiger partial charge >= 0.3 is 0 Å². The molecule has 0 radical (unpaired) electrons. The summed E-state index contributed by atoms with van der Waals surface area (Å²) < 4.78 is 5.40. The second kappa shape index (κ2) is 6.80. The molecule has 3 N–H and O–H groups in total. The lowest BCUT2D eigenvalue weighted by atomic mass is 9.89. The van der Waals surface area contributed by atoms with Crippen LogP contribution in [0.3, 0.4) is 0 Å². The normalized spacial score (nSPS) is 11.7. The molecule has 0 amide bonds. The number of anilines is 1. The Hall–Kier alpha value is -1.22. The quantitative estimate of drug-likeness (QED) is 0.791. The Morgan fingerprint density at radius 2 is 2.00 bits per heavy atom. The van der Waals surface area contributed by atoms with Crippen LogP contribution in [0.15, 0.2) is 18.2 Å². The van der Waals surface area contributed by atoms with E-state index in [0.717, 1.165) is 24.4 Å². The smallest absolute Gasteiger partial charge is 0.141 e. The van der Waals surface area contributed by atoms with Crippen molar-refractivity contribution in [3.63, 3.8) is 0 Å². The molecule has 0 unspecified atom stereocenters. The molecule has 1 aromatic carbocycles. The van der Waals surface area contributed by atoms with Gasteiger partial charge in [0.05, 0.1) is 12.8 Å². The van der Waals surface area contributed by atoms with Crippen LogP contribution in [0.1, 0.15) is 45.6 Å². The second-order valence-corrected chi connectivity index (χ2v) is 6.16. The molecule has 3 heteroatoms. The molecular weight excluding hydrogens is 236 g/mol. The van der Waals surface area contributed by atoms with Crippen molar-refractivity contribution in [2.45, 2.75) is 40.0 Å². The third-order valence-corrected chi connectivity index (χ3v) is 3.56. The van der Waals surface area contributed by atoms with Gasteiger partial charge < -0.3 is 15.8 Å². The largest absolute Gasteiger partial charge is 0.495 e. The van der Waals surface area contributed by atoms with E-state index in [2.05, 4.69) is 45.1 Å². The number of nitrogens with two attached hydrogens (primary N) is 1. The van der Waals surface area contributed by atoms with Crippen molar-refractivity contribution in [1.29, 1.82) is 0 Å². The van der Waals surface area contributed by atoms with Crippen LogP contribution in [0, 0.1) is 5.41 Å². The predicted molar refractivity (Wildman–Crippen MR) is 83.0 cm³/mol. The fourth-order valence-corrected chi connectivity index (χ4v) is 1.86. The van der Waals surface area contributed by atoms with Crippen LogP contribution >= 0.6 is 0 Å². The number of rotatable bonds is 7. The van der Waals surface area contributed by atoms with E-state index in [1.807, 2.05) is 6.07 Å². The first-order valence-electron chi connectivity index (χ1n) is 7.01. The maximum atomic E-state index is 5.75. The average Bonchev–Trinajstić information content (AvgIpc) is 2.38. The average molecular weight is 264 g/mol. The highest BCUT2D eigenvalue weighted by Gasteiger charge is 2.15. The summed E-state index contributed by atoms with van der Waals surface area (Å²) in [5.41, 5.74) is 8.32. The molecule has 108 valence electrons. The molecule has 1 rings (SSSR count). The van der Waals surface area contributed by atoms with E-state index in [1.165, 1.54) is 5.56 Å². The summed E-state index contributed by atoms with van der Waals surface area (Å²) in [5.74, 6) is 1.42. The van der Waals surface area contributed by atoms with E-state index in [9.17, 15) is 0 Å². The van der Waals surface area contributed by atoms with Crippen molar-refractivity contribution < 1.29 is 4.74 Å². The van der Waals surface area contributed by atoms with E-state index < -0.39 is 0 Å². The van der Waals surface area contributed by atoms with Crippen LogP contribution in [0.25, 0.3) is 0 Å². The molecule has 0 fully saturated rings. The number of hydrogen-bond acceptors (Lipinski definition) is 3. The number of ether oxygens (including phenoxy) is 1. The first kappa shape index (κ1) is 15.8. The summed E-state index contributed by atoms with van der Waals surface area (Å²) in [5, 5.41) is 3.47. The lowest BCUT2D eigenvalue weighted by molar-refractivity contribution is 0.357. The Balaban J connectivity index is 2.73. The van der Waals surface area contributed by atoms with Gasteiger partial charge in [-0.15, -0.1) is 0 Å². The second-order valence-electron chi connectivity index (χ2n) is 6.16. The predicted octanol–water partition coefficient (Wildman–Crippen LogP) is 3.61. The maximum absolute atomic E-state index is 5.75. The van der Waals surface area contributed by atoms with Crippen molar-refractivity contribution in [2.24, 2.45) is 11.1 Å². The van der Waals surface area contributed by atoms with Crippen molar-refractivity contribution in [2.75, 3.05) is 25.5 Å². The highest BCUT2D eigenvalue weighted by Crippen LogP contribution is 2.29. The topological polar surface area (TPSA) is 47.3 Å². The molecule has 0 aromatic heterocycles. The first-order chi connectivity index (χ1) is 8.89. The zero-order valence-electron chi connectivity index (χ0n) is 12.9. The fourth-order valence-electron chi connectivity index (χ4n) is 1.86. The van der Waals surface area contributed by atoms with Gasteiger partial charge in [-0.25, -0.2) is 0 Å². The van der Waals surface area contributed by atoms with E-state index in [0.29, 0.717) is 12.5 Å². The minimum Gasteiger partial charge on any atom is -0.495 e. The summed E-state index contributed by atoms with van der Waals surface area (Å²) in [4.78, 5) is 0. The van der Waals surface area contributed by atoms with Crippen LogP contribution < -0.4 is 15.8 Å². The SMILES string of the molecule is COc1ccc(C(C)C)cc1NCCC(C)(C)CN. The van der Waals surface area contributed by atoms with E-state index in [1.54, 1.807) is 7.11 Å². The zero-order valence-corrected chi connectivity index (χ0v) is 12.9. The van der Waals surface area contributed by atoms with Gasteiger partial charge in [-0.2, -0.15) is 0 Å². The Kier molecular flexibility index (Phi) is 5.67. The highest BCUT2D eigenvalue weighted by molar-refractivity contribution is 5.58. The summed E-state index contributed by atoms with van der Waals surface area (Å²) in [6, 6.07) is 6.34. The number of hydrogen-bond donors (Lipinski definition) is 2. The van der Waals surface area contributed by atoms with Crippen molar-refractivity contribution in [1.82, 2.24) is 0 Å². The molecule has 0 saturated heterocycles. The third kappa shape index (κ3) is 4.75. The molecule has 3 nitrogen and oxygen atoms in total. The van der Waals surface area contributed by atoms with Crippen molar-refractivity contribution >= 4 is 5.69 Å². The van der Waals surface area contributed by atoms with Gasteiger partial charge in [0.2, 0.25) is 0 Å². The number of methoxy groups -OCH3 is 1. The van der Waals surface area contributed by atoms with Gasteiger partial charge in [-0.1, -0.05) is 33.8 Å². The zero-order chi connectivity index (χ0) is 14.5. The molecule has 0 spiro atoms. The van der Waals surface area contributed by atoms with Crippen molar-refractivity contribution in [3.05, 3.63) is 23.8 Å². The van der Waals surface area contributed by atoms with Crippen LogP contribution in [0.5, 0.6) is 5.75 Å². The molecule has 1 aromatic rings. The molecule has 0 saturated carbocycles. The molecule has 0 heterocycles. The maximum Gasteiger partial charge on any atom is 0.141 e. The number of nitrogens with one attached hydrogen (secondary N) is 1. The Morgan fingerprint density at radius 3 is 2.53 bits per heavy atom. The lowest BCUT2D eigenvalue weighted by Gasteiger charge is -2.23. The minimum absolute atomic E-state index is 0.176. The molecule has 0 atom stereocenters. The van der Waals surface area contributed by atoms with Crippen LogP contribution in [0.2, 0.25) is 0 Å². The summed E-state index contributed by atoms with van der Waals surface area (Å²) in [7, 11) is 1.71. The molecular formula is C16H28N2O. The highest BCUT2D eigenvalue weighted by atomic mass is 16.5. The van der Waals surface area contributed by atoms with E-state index in [-0.39, 0.29) is 5.41 Å². The van der Waals surface area contributed by atoms with Crippen LogP contribution in [-0.4, -0.2) is 20.2 Å². The van der Waals surface area contributed by atoms with E-state index >= 15 is 0 Å². The Labute approximate surface area is 117 Å². The van der Waals surface area contributed by atoms with Gasteiger partial charge in [-0.05, 0) is 42.0 Å². The Bertz CT molecular complexity index is 400. The summed E-state index contributed by atoms with van der Waals surface area (Å²) in [6.07, 6.45) is 1.04. The first-order valence-corrected chi connectivity index (χ1v) is 7.01. The lowest BCUT2D eigenvalue weighted by Crippen LogP contribution is -2.26. The van der Waals surface area contributed by atoms with E-state index in [4.69, 9.17) is 10.5 Å². The Morgan fingerprint density at radius 1 is 1.32 bits per heavy atom. The molecule has 0 bridgehead atoms. The van der Waals surface area contributed by atoms with Gasteiger partial charge in [0, 0.05) is 6.54 Å². The van der Waals surface area contributed by atoms with Gasteiger partial charge in [-0.3, -0.25) is 0 Å². The van der Waals surface area contributed by atoms with Gasteiger partial charge in [0.25, 0.3) is 0 Å². The molecule has 0 aliphatic carbocycles. The monoisotopic (exact) mass is 264 g/mol. The fraction of sp³-hybridized carbons (Fsp3) is 0.625. The molecule has 0 aliphatic heterocycles. The van der Waals surface area contributed by atoms with Crippen molar-refractivity contribution in [3.8, 4) is 5.75 Å². The summed E-state index contributed by atoms with van der Waals surface area (Å²) in [6.45, 7) is 10.4. The van der Waals surface area contributed by atoms with Crippen LogP contribution in [-0.2, 0) is 0 Å². The third-order valence-electron chi connectivity index (χ3n) is 3.56. The standard InChI is InChI=1S/C16H28N2O/c1-12(2)13-6-7-15(19-5)14(10-13)18-9-8-16(3,4)11-17/h6-7,10,12,18H,8-9,11,17H2,1-5H3. The van der Waals surface area contributed by atoms with Gasteiger partial charge in [0.15, 0.2) is 0 Å². The molecule has 19 heavy (non-hydrogen) atoms.